The number of para-hydroxylation sites is 1. The number of benzene rings is 2. The Morgan fingerprint density at radius 3 is 2.64 bits per heavy atom. The van der Waals surface area contributed by atoms with Gasteiger partial charge in [0.1, 0.15) is 0 Å². The molecule has 0 radical (unpaired) electrons. The molecule has 0 aliphatic carbocycles. The highest BCUT2D eigenvalue weighted by Gasteiger charge is 2.06. The summed E-state index contributed by atoms with van der Waals surface area (Å²) in [5, 5.41) is 5.09. The van der Waals surface area contributed by atoms with Gasteiger partial charge in [-0.1, -0.05) is 48.5 Å². The van der Waals surface area contributed by atoms with E-state index < -0.39 is 0 Å². The zero-order valence-electron chi connectivity index (χ0n) is 12.4. The van der Waals surface area contributed by atoms with E-state index in [9.17, 15) is 4.79 Å². The van der Waals surface area contributed by atoms with Crippen molar-refractivity contribution in [2.75, 3.05) is 0 Å². The van der Waals surface area contributed by atoms with Crippen LogP contribution in [0.1, 0.15) is 18.1 Å². The number of hydrazone groups is 1. The first-order valence-electron chi connectivity index (χ1n) is 7.15. The highest BCUT2D eigenvalue weighted by atomic mass is 16.2. The van der Waals surface area contributed by atoms with E-state index >= 15 is 0 Å². The molecule has 2 aromatic carbocycles. The molecular weight excluding hydrogens is 274 g/mol. The molecule has 3 aromatic rings. The van der Waals surface area contributed by atoms with Crippen molar-refractivity contribution in [3.63, 3.8) is 0 Å². The molecule has 0 saturated heterocycles. The van der Waals surface area contributed by atoms with Gasteiger partial charge in [-0.2, -0.15) is 5.10 Å². The fourth-order valence-electron chi connectivity index (χ4n) is 2.48. The minimum Gasteiger partial charge on any atom is -0.342 e. The van der Waals surface area contributed by atoms with Crippen LogP contribution in [-0.4, -0.2) is 16.7 Å². The van der Waals surface area contributed by atoms with E-state index in [1.807, 2.05) is 30.3 Å². The first kappa shape index (κ1) is 14.1. The Morgan fingerprint density at radius 2 is 1.86 bits per heavy atom. The summed E-state index contributed by atoms with van der Waals surface area (Å²) in [5.41, 5.74) is 5.82. The molecule has 0 saturated carbocycles. The molecule has 4 nitrogen and oxygen atoms in total. The average Bonchev–Trinajstić information content (AvgIpc) is 2.86. The predicted octanol–water partition coefficient (Wildman–Crippen LogP) is 3.16. The van der Waals surface area contributed by atoms with Crippen molar-refractivity contribution in [1.29, 1.82) is 0 Å². The lowest BCUT2D eigenvalue weighted by Gasteiger charge is -2.05. The van der Waals surface area contributed by atoms with Crippen LogP contribution < -0.4 is 5.43 Å². The molecule has 0 fully saturated rings. The third-order valence-electron chi connectivity index (χ3n) is 3.44. The Hall–Kier alpha value is -2.88. The number of carbonyl (C=O) groups excluding carboxylic acids is 1. The zero-order valence-corrected chi connectivity index (χ0v) is 12.4. The molecule has 0 atom stereocenters. The molecule has 110 valence electrons. The summed E-state index contributed by atoms with van der Waals surface area (Å²) in [4.78, 5) is 10.9. The summed E-state index contributed by atoms with van der Waals surface area (Å²) < 4.78 is 2.19. The summed E-state index contributed by atoms with van der Waals surface area (Å²) in [6.07, 6.45) is 3.74. The number of nitrogens with zero attached hydrogens (tertiary/aromatic N) is 2. The molecule has 4 heteroatoms. The molecule has 0 aliphatic heterocycles. The Labute approximate surface area is 129 Å². The standard InChI is InChI=1S/C18H17N3O/c1-14(22)20-19-11-16-13-21(12-15-7-3-2-4-8-15)18-10-6-5-9-17(16)18/h2-11,13H,12H2,1H3,(H,20,22)/b19-11-. The van der Waals surface area contributed by atoms with Crippen LogP contribution >= 0.6 is 0 Å². The second-order valence-electron chi connectivity index (χ2n) is 5.14. The van der Waals surface area contributed by atoms with Gasteiger partial charge < -0.3 is 4.57 Å². The Morgan fingerprint density at radius 1 is 1.14 bits per heavy atom. The van der Waals surface area contributed by atoms with Crippen LogP contribution in [0.4, 0.5) is 0 Å². The summed E-state index contributed by atoms with van der Waals surface area (Å²) in [5.74, 6) is -0.177. The fourth-order valence-corrected chi connectivity index (χ4v) is 2.48. The van der Waals surface area contributed by atoms with Crippen LogP contribution in [-0.2, 0) is 11.3 Å². The summed E-state index contributed by atoms with van der Waals surface area (Å²) in [7, 11) is 0. The highest BCUT2D eigenvalue weighted by molar-refractivity contribution is 5.99. The van der Waals surface area contributed by atoms with E-state index in [0.717, 1.165) is 23.0 Å². The molecule has 3 rings (SSSR count). The zero-order chi connectivity index (χ0) is 15.4. The maximum absolute atomic E-state index is 10.9. The number of hydrogen-bond donors (Lipinski definition) is 1. The van der Waals surface area contributed by atoms with Crippen LogP contribution in [0, 0.1) is 0 Å². The van der Waals surface area contributed by atoms with Gasteiger partial charge in [0.15, 0.2) is 0 Å². The minimum atomic E-state index is -0.177. The number of amides is 1. The number of nitrogens with one attached hydrogen (secondary N) is 1. The number of hydrogen-bond acceptors (Lipinski definition) is 2. The third-order valence-corrected chi connectivity index (χ3v) is 3.44. The van der Waals surface area contributed by atoms with Crippen molar-refractivity contribution >= 4 is 23.0 Å². The summed E-state index contributed by atoms with van der Waals surface area (Å²) >= 11 is 0. The van der Waals surface area contributed by atoms with E-state index in [1.165, 1.54) is 12.5 Å². The van der Waals surface area contributed by atoms with Crippen molar-refractivity contribution in [1.82, 2.24) is 9.99 Å². The van der Waals surface area contributed by atoms with Crippen molar-refractivity contribution in [3.8, 4) is 0 Å². The lowest BCUT2D eigenvalue weighted by molar-refractivity contribution is -0.118. The molecule has 0 spiro atoms. The highest BCUT2D eigenvalue weighted by Crippen LogP contribution is 2.21. The first-order chi connectivity index (χ1) is 10.7. The molecule has 1 aromatic heterocycles. The third kappa shape index (κ3) is 3.06. The van der Waals surface area contributed by atoms with Gasteiger partial charge in [-0.05, 0) is 11.6 Å². The van der Waals surface area contributed by atoms with Gasteiger partial charge in [0.05, 0.1) is 6.21 Å². The normalized spacial score (nSPS) is 11.1. The van der Waals surface area contributed by atoms with E-state index in [0.29, 0.717) is 0 Å². The minimum absolute atomic E-state index is 0.177. The number of rotatable bonds is 4. The molecular formula is C18H17N3O. The van der Waals surface area contributed by atoms with Crippen molar-refractivity contribution < 1.29 is 4.79 Å². The molecule has 0 bridgehead atoms. The summed E-state index contributed by atoms with van der Waals surface area (Å²) in [6, 6.07) is 18.5. The van der Waals surface area contributed by atoms with Crippen molar-refractivity contribution in [3.05, 3.63) is 71.9 Å². The average molecular weight is 291 g/mol. The van der Waals surface area contributed by atoms with E-state index in [-0.39, 0.29) is 5.91 Å². The number of fused-ring (bicyclic) bond motifs is 1. The molecule has 1 heterocycles. The van der Waals surface area contributed by atoms with Crippen LogP contribution in [0.15, 0.2) is 65.9 Å². The molecule has 1 amide bonds. The van der Waals surface area contributed by atoms with Crippen LogP contribution in [0.5, 0.6) is 0 Å². The second-order valence-corrected chi connectivity index (χ2v) is 5.14. The van der Waals surface area contributed by atoms with Gasteiger partial charge in [-0.3, -0.25) is 4.79 Å². The Bertz CT molecular complexity index is 819. The lowest BCUT2D eigenvalue weighted by atomic mass is 10.2. The van der Waals surface area contributed by atoms with Crippen molar-refractivity contribution in [2.24, 2.45) is 5.10 Å². The SMILES string of the molecule is CC(=O)N/N=C\c1cn(Cc2ccccc2)c2ccccc12. The fraction of sp³-hybridized carbons (Fsp3) is 0.111. The molecule has 0 aliphatic rings. The largest absolute Gasteiger partial charge is 0.342 e. The molecule has 1 N–H and O–H groups in total. The van der Waals surface area contributed by atoms with Crippen molar-refractivity contribution in [2.45, 2.75) is 13.5 Å². The predicted molar refractivity (Wildman–Crippen MR) is 88.9 cm³/mol. The Balaban J connectivity index is 1.97. The monoisotopic (exact) mass is 291 g/mol. The van der Waals surface area contributed by atoms with E-state index in [1.54, 1.807) is 6.21 Å². The van der Waals surface area contributed by atoms with E-state index in [2.05, 4.69) is 45.6 Å². The summed E-state index contributed by atoms with van der Waals surface area (Å²) in [6.45, 7) is 2.24. The van der Waals surface area contributed by atoms with Gasteiger partial charge in [0.25, 0.3) is 0 Å². The molecule has 0 unspecified atom stereocenters. The Kier molecular flexibility index (Phi) is 4.01. The maximum atomic E-state index is 10.9. The smallest absolute Gasteiger partial charge is 0.236 e. The lowest BCUT2D eigenvalue weighted by Crippen LogP contribution is -2.12. The maximum Gasteiger partial charge on any atom is 0.236 e. The van der Waals surface area contributed by atoms with Gasteiger partial charge >= 0.3 is 0 Å². The van der Waals surface area contributed by atoms with Crippen LogP contribution in [0.2, 0.25) is 0 Å². The second kappa shape index (κ2) is 6.26. The first-order valence-corrected chi connectivity index (χ1v) is 7.15. The molecule has 22 heavy (non-hydrogen) atoms. The van der Waals surface area contributed by atoms with Gasteiger partial charge in [-0.15, -0.1) is 0 Å². The number of aromatic nitrogens is 1. The van der Waals surface area contributed by atoms with Gasteiger partial charge in [0, 0.05) is 36.1 Å². The number of carbonyl (C=O) groups is 1. The van der Waals surface area contributed by atoms with Gasteiger partial charge in [-0.25, -0.2) is 5.43 Å². The van der Waals surface area contributed by atoms with E-state index in [4.69, 9.17) is 0 Å². The van der Waals surface area contributed by atoms with Gasteiger partial charge in [0.2, 0.25) is 5.91 Å². The quantitative estimate of drug-likeness (QED) is 0.582. The van der Waals surface area contributed by atoms with Crippen LogP contribution in [0.25, 0.3) is 10.9 Å². The topological polar surface area (TPSA) is 46.4 Å². The van der Waals surface area contributed by atoms with Crippen LogP contribution in [0.3, 0.4) is 0 Å².